The number of methoxy groups -OCH3 is 3. The van der Waals surface area contributed by atoms with Crippen molar-refractivity contribution in [3.63, 3.8) is 0 Å². The molecule has 7 heteroatoms. The van der Waals surface area contributed by atoms with Gasteiger partial charge in [0.25, 0.3) is 0 Å². The first-order chi connectivity index (χ1) is 12.9. The Balaban J connectivity index is 2.27. The third-order valence-corrected chi connectivity index (χ3v) is 3.98. The Labute approximate surface area is 158 Å². The van der Waals surface area contributed by atoms with Crippen LogP contribution in [0.5, 0.6) is 17.2 Å². The van der Waals surface area contributed by atoms with Crippen molar-refractivity contribution in [1.29, 1.82) is 0 Å². The average Bonchev–Trinajstić information content (AvgIpc) is 2.66. The third kappa shape index (κ3) is 4.91. The van der Waals surface area contributed by atoms with E-state index >= 15 is 0 Å². The molecule has 0 heterocycles. The smallest absolute Gasteiger partial charge is 0.244 e. The highest BCUT2D eigenvalue weighted by Gasteiger charge is 2.21. The minimum atomic E-state index is -0.317. The lowest BCUT2D eigenvalue weighted by Gasteiger charge is -2.23. The Morgan fingerprint density at radius 3 is 1.96 bits per heavy atom. The molecule has 7 nitrogen and oxygen atoms in total. The number of nitrogens with zero attached hydrogens (tertiary/aromatic N) is 1. The first-order valence-electron chi connectivity index (χ1n) is 8.34. The number of amides is 2. The molecule has 0 unspecified atom stereocenters. The van der Waals surface area contributed by atoms with Gasteiger partial charge in [0, 0.05) is 24.7 Å². The zero-order chi connectivity index (χ0) is 20.0. The largest absolute Gasteiger partial charge is 0.493 e. The molecule has 2 rings (SSSR count). The quantitative estimate of drug-likeness (QED) is 0.808. The van der Waals surface area contributed by atoms with Gasteiger partial charge in [-0.2, -0.15) is 0 Å². The van der Waals surface area contributed by atoms with Crippen molar-refractivity contribution in [1.82, 2.24) is 0 Å². The maximum absolute atomic E-state index is 12.4. The number of hydrogen-bond acceptors (Lipinski definition) is 5. The van der Waals surface area contributed by atoms with E-state index in [0.29, 0.717) is 28.6 Å². The van der Waals surface area contributed by atoms with Crippen LogP contribution in [0.4, 0.5) is 11.4 Å². The highest BCUT2D eigenvalue weighted by atomic mass is 16.5. The van der Waals surface area contributed by atoms with Crippen LogP contribution < -0.4 is 24.4 Å². The first-order valence-corrected chi connectivity index (χ1v) is 8.34. The van der Waals surface area contributed by atoms with Gasteiger partial charge in [-0.15, -0.1) is 0 Å². The molecular weight excluding hydrogens is 348 g/mol. The maximum Gasteiger partial charge on any atom is 0.244 e. The van der Waals surface area contributed by atoms with Crippen molar-refractivity contribution in [2.75, 3.05) is 38.1 Å². The molecule has 0 radical (unpaired) electrons. The summed E-state index contributed by atoms with van der Waals surface area (Å²) < 4.78 is 15.9. The monoisotopic (exact) mass is 372 g/mol. The van der Waals surface area contributed by atoms with Crippen molar-refractivity contribution in [2.24, 2.45) is 0 Å². The number of carbonyl (C=O) groups is 2. The van der Waals surface area contributed by atoms with Crippen molar-refractivity contribution in [3.8, 4) is 17.2 Å². The summed E-state index contributed by atoms with van der Waals surface area (Å²) in [6.45, 7) is 3.21. The van der Waals surface area contributed by atoms with E-state index in [4.69, 9.17) is 14.2 Å². The van der Waals surface area contributed by atoms with E-state index in [1.54, 1.807) is 12.1 Å². The van der Waals surface area contributed by atoms with E-state index in [-0.39, 0.29) is 18.4 Å². The number of rotatable bonds is 7. The Bertz CT molecular complexity index is 793. The van der Waals surface area contributed by atoms with Crippen LogP contribution in [-0.4, -0.2) is 39.7 Å². The molecule has 0 aromatic heterocycles. The molecular formula is C20H24N2O5. The van der Waals surface area contributed by atoms with Gasteiger partial charge in [0.15, 0.2) is 11.5 Å². The van der Waals surface area contributed by atoms with Gasteiger partial charge in [0.2, 0.25) is 17.6 Å². The van der Waals surface area contributed by atoms with Gasteiger partial charge >= 0.3 is 0 Å². The zero-order valence-electron chi connectivity index (χ0n) is 16.2. The number of hydrogen-bond donors (Lipinski definition) is 1. The Morgan fingerprint density at radius 1 is 0.963 bits per heavy atom. The molecule has 1 N–H and O–H groups in total. The van der Waals surface area contributed by atoms with E-state index in [2.05, 4.69) is 5.32 Å². The fourth-order valence-electron chi connectivity index (χ4n) is 2.59. The van der Waals surface area contributed by atoms with Gasteiger partial charge < -0.3 is 24.4 Å². The first kappa shape index (κ1) is 20.1. The second-order valence-electron chi connectivity index (χ2n) is 5.90. The average molecular weight is 372 g/mol. The molecule has 2 aromatic rings. The van der Waals surface area contributed by atoms with Crippen LogP contribution in [0.3, 0.4) is 0 Å². The lowest BCUT2D eigenvalue weighted by molar-refractivity contribution is -0.120. The molecule has 2 amide bonds. The molecule has 0 aliphatic carbocycles. The van der Waals surface area contributed by atoms with Crippen LogP contribution in [0.2, 0.25) is 0 Å². The van der Waals surface area contributed by atoms with E-state index in [0.717, 1.165) is 5.56 Å². The maximum atomic E-state index is 12.4. The summed E-state index contributed by atoms with van der Waals surface area (Å²) in [6.07, 6.45) is 0. The summed E-state index contributed by atoms with van der Waals surface area (Å²) >= 11 is 0. The fourth-order valence-corrected chi connectivity index (χ4v) is 2.59. The number of ether oxygens (including phenoxy) is 3. The summed E-state index contributed by atoms with van der Waals surface area (Å²) in [7, 11) is 4.48. The van der Waals surface area contributed by atoms with Crippen LogP contribution >= 0.6 is 0 Å². The predicted molar refractivity (Wildman–Crippen MR) is 104 cm³/mol. The van der Waals surface area contributed by atoms with E-state index in [1.807, 2.05) is 31.2 Å². The molecule has 0 aliphatic rings. The second-order valence-corrected chi connectivity index (χ2v) is 5.90. The molecule has 0 atom stereocenters. The molecule has 144 valence electrons. The molecule has 0 bridgehead atoms. The number of benzene rings is 2. The Morgan fingerprint density at radius 2 is 1.52 bits per heavy atom. The van der Waals surface area contributed by atoms with Gasteiger partial charge in [-0.3, -0.25) is 9.59 Å². The van der Waals surface area contributed by atoms with Gasteiger partial charge in [-0.05, 0) is 19.1 Å². The molecule has 0 saturated heterocycles. The topological polar surface area (TPSA) is 77.1 Å². The number of nitrogens with one attached hydrogen (secondary N) is 1. The number of carbonyl (C=O) groups excluding carboxylic acids is 2. The van der Waals surface area contributed by atoms with E-state index in [9.17, 15) is 9.59 Å². The van der Waals surface area contributed by atoms with Crippen molar-refractivity contribution in [3.05, 3.63) is 42.0 Å². The van der Waals surface area contributed by atoms with Crippen molar-refractivity contribution in [2.45, 2.75) is 13.8 Å². The summed E-state index contributed by atoms with van der Waals surface area (Å²) in [5.74, 6) is 0.608. The van der Waals surface area contributed by atoms with Crippen molar-refractivity contribution < 1.29 is 23.8 Å². The second kappa shape index (κ2) is 8.93. The summed E-state index contributed by atoms with van der Waals surface area (Å²) in [4.78, 5) is 25.9. The SMILES string of the molecule is COc1cc(N(CC(=O)Nc2ccc(C)cc2)C(C)=O)cc(OC)c1OC. The lowest BCUT2D eigenvalue weighted by atomic mass is 10.2. The Hall–Kier alpha value is -3.22. The molecule has 0 aliphatic heterocycles. The van der Waals surface area contributed by atoms with Crippen LogP contribution in [-0.2, 0) is 9.59 Å². The standard InChI is InChI=1S/C20H24N2O5/c1-13-6-8-15(9-7-13)21-19(24)12-22(14(2)23)16-10-17(25-3)20(27-5)18(11-16)26-4/h6-11H,12H2,1-5H3,(H,21,24). The van der Waals surface area contributed by atoms with Gasteiger partial charge in [0.1, 0.15) is 6.54 Å². The summed E-state index contributed by atoms with van der Waals surface area (Å²) in [5.41, 5.74) is 2.23. The van der Waals surface area contributed by atoms with Crippen molar-refractivity contribution >= 4 is 23.2 Å². The van der Waals surface area contributed by atoms with Gasteiger partial charge in [-0.25, -0.2) is 0 Å². The van der Waals surface area contributed by atoms with Crippen LogP contribution in [0.15, 0.2) is 36.4 Å². The third-order valence-electron chi connectivity index (χ3n) is 3.98. The van der Waals surface area contributed by atoms with Gasteiger partial charge in [-0.1, -0.05) is 17.7 Å². The lowest BCUT2D eigenvalue weighted by Crippen LogP contribution is -2.36. The molecule has 0 fully saturated rings. The summed E-state index contributed by atoms with van der Waals surface area (Å²) in [5, 5.41) is 2.78. The Kier molecular flexibility index (Phi) is 6.65. The minimum absolute atomic E-state index is 0.151. The highest BCUT2D eigenvalue weighted by Crippen LogP contribution is 2.41. The summed E-state index contributed by atoms with van der Waals surface area (Å²) in [6, 6.07) is 10.7. The minimum Gasteiger partial charge on any atom is -0.493 e. The molecule has 2 aromatic carbocycles. The van der Waals surface area contributed by atoms with Crippen LogP contribution in [0.25, 0.3) is 0 Å². The molecule has 27 heavy (non-hydrogen) atoms. The van der Waals surface area contributed by atoms with E-state index < -0.39 is 0 Å². The van der Waals surface area contributed by atoms with Gasteiger partial charge in [0.05, 0.1) is 27.0 Å². The molecule has 0 saturated carbocycles. The predicted octanol–water partition coefficient (Wildman–Crippen LogP) is 3.01. The van der Waals surface area contributed by atoms with Crippen LogP contribution in [0, 0.1) is 6.92 Å². The number of anilines is 2. The van der Waals surface area contributed by atoms with Crippen LogP contribution in [0.1, 0.15) is 12.5 Å². The highest BCUT2D eigenvalue weighted by molar-refractivity contribution is 6.02. The fraction of sp³-hybridized carbons (Fsp3) is 0.300. The van der Waals surface area contributed by atoms with E-state index in [1.165, 1.54) is 33.2 Å². The number of aryl methyl sites for hydroxylation is 1. The zero-order valence-corrected chi connectivity index (χ0v) is 16.2. The molecule has 0 spiro atoms. The normalized spacial score (nSPS) is 10.1.